The Morgan fingerprint density at radius 3 is 2.74 bits per heavy atom. The summed E-state index contributed by atoms with van der Waals surface area (Å²) in [5.74, 6) is 0.385. The van der Waals surface area contributed by atoms with Crippen LogP contribution in [0.15, 0.2) is 34.8 Å². The Kier molecular flexibility index (Phi) is 4.51. The van der Waals surface area contributed by atoms with Crippen molar-refractivity contribution in [3.63, 3.8) is 0 Å². The quantitative estimate of drug-likeness (QED) is 0.549. The molecule has 0 saturated heterocycles. The summed E-state index contributed by atoms with van der Waals surface area (Å²) >= 11 is 5.28. The monoisotopic (exact) mass is 436 g/mol. The molecule has 0 fully saturated rings. The fraction of sp³-hybridized carbons (Fsp3) is 0.0769. The van der Waals surface area contributed by atoms with Crippen molar-refractivity contribution in [1.29, 1.82) is 0 Å². The average Bonchev–Trinajstić information content (AvgIpc) is 2.38. The van der Waals surface area contributed by atoms with Crippen molar-refractivity contribution in [2.75, 3.05) is 18.2 Å². The fourth-order valence-electron chi connectivity index (χ4n) is 1.56. The van der Waals surface area contributed by atoms with Gasteiger partial charge >= 0.3 is 0 Å². The van der Waals surface area contributed by atoms with E-state index in [0.717, 1.165) is 10.2 Å². The van der Waals surface area contributed by atoms with E-state index in [2.05, 4.69) is 21.2 Å². The van der Waals surface area contributed by atoms with E-state index in [1.807, 2.05) is 34.7 Å². The number of nitrogen functional groups attached to an aromatic ring is 1. The molecular weight excluding hydrogens is 426 g/mol. The SMILES string of the molecule is COc1cc(Nc2cc(F)c(I)cc2N)ccc1Br. The first kappa shape index (κ1) is 14.4. The van der Waals surface area contributed by atoms with Crippen molar-refractivity contribution in [2.24, 2.45) is 0 Å². The van der Waals surface area contributed by atoms with E-state index >= 15 is 0 Å². The second-order valence-corrected chi connectivity index (χ2v) is 5.84. The van der Waals surface area contributed by atoms with Crippen LogP contribution in [0, 0.1) is 9.39 Å². The molecule has 3 N–H and O–H groups in total. The first-order valence-electron chi connectivity index (χ1n) is 5.36. The highest BCUT2D eigenvalue weighted by Gasteiger charge is 2.07. The zero-order valence-corrected chi connectivity index (χ0v) is 13.7. The Labute approximate surface area is 132 Å². The summed E-state index contributed by atoms with van der Waals surface area (Å²) in [5, 5.41) is 3.07. The molecule has 0 unspecified atom stereocenters. The van der Waals surface area contributed by atoms with Crippen LogP contribution in [-0.2, 0) is 0 Å². The molecule has 0 heterocycles. The predicted octanol–water partition coefficient (Wildman–Crippen LogP) is 4.53. The Morgan fingerprint density at radius 2 is 2.05 bits per heavy atom. The number of nitrogens with two attached hydrogens (primary N) is 1. The first-order chi connectivity index (χ1) is 9.01. The highest BCUT2D eigenvalue weighted by atomic mass is 127. The minimum absolute atomic E-state index is 0.304. The summed E-state index contributed by atoms with van der Waals surface area (Å²) in [6.45, 7) is 0. The van der Waals surface area contributed by atoms with Gasteiger partial charge in [-0.1, -0.05) is 0 Å². The van der Waals surface area contributed by atoms with Gasteiger partial charge in [-0.2, -0.15) is 0 Å². The number of rotatable bonds is 3. The zero-order valence-electron chi connectivity index (χ0n) is 10.0. The van der Waals surface area contributed by atoms with Gasteiger partial charge in [0.1, 0.15) is 11.6 Å². The number of nitrogens with one attached hydrogen (secondary N) is 1. The fourth-order valence-corrected chi connectivity index (χ4v) is 2.46. The third kappa shape index (κ3) is 3.30. The predicted molar refractivity (Wildman–Crippen MR) is 87.5 cm³/mol. The number of halogens is 3. The molecule has 100 valence electrons. The lowest BCUT2D eigenvalue weighted by Gasteiger charge is -2.12. The molecule has 0 bridgehead atoms. The van der Waals surface area contributed by atoms with Gasteiger partial charge in [0.2, 0.25) is 0 Å². The second-order valence-electron chi connectivity index (χ2n) is 3.83. The van der Waals surface area contributed by atoms with Gasteiger partial charge in [0.15, 0.2) is 0 Å². The Bertz CT molecular complexity index is 622. The maximum atomic E-state index is 13.5. The van der Waals surface area contributed by atoms with E-state index in [4.69, 9.17) is 10.5 Å². The number of anilines is 3. The number of ether oxygens (including phenoxy) is 1. The van der Waals surface area contributed by atoms with Crippen LogP contribution in [0.25, 0.3) is 0 Å². The molecular formula is C13H11BrFIN2O. The van der Waals surface area contributed by atoms with Crippen LogP contribution in [0.2, 0.25) is 0 Å². The summed E-state index contributed by atoms with van der Waals surface area (Å²) < 4.78 is 20.1. The van der Waals surface area contributed by atoms with Crippen LogP contribution in [0.4, 0.5) is 21.5 Å². The summed E-state index contributed by atoms with van der Waals surface area (Å²) in [5.41, 5.74) is 7.66. The van der Waals surface area contributed by atoms with Gasteiger partial charge in [-0.25, -0.2) is 4.39 Å². The summed E-state index contributed by atoms with van der Waals surface area (Å²) in [6.07, 6.45) is 0. The molecule has 2 aromatic rings. The maximum absolute atomic E-state index is 13.5. The van der Waals surface area contributed by atoms with Gasteiger partial charge in [-0.15, -0.1) is 0 Å². The van der Waals surface area contributed by atoms with Gasteiger partial charge in [0.25, 0.3) is 0 Å². The summed E-state index contributed by atoms with van der Waals surface area (Å²) in [6, 6.07) is 8.47. The molecule has 0 aliphatic rings. The lowest BCUT2D eigenvalue weighted by Crippen LogP contribution is -1.99. The van der Waals surface area contributed by atoms with Crippen molar-refractivity contribution in [3.8, 4) is 5.75 Å². The largest absolute Gasteiger partial charge is 0.495 e. The number of benzene rings is 2. The molecule has 0 aliphatic carbocycles. The average molecular weight is 437 g/mol. The molecule has 0 amide bonds. The van der Waals surface area contributed by atoms with Gasteiger partial charge in [0.05, 0.1) is 26.5 Å². The second kappa shape index (κ2) is 5.96. The lowest BCUT2D eigenvalue weighted by molar-refractivity contribution is 0.412. The zero-order chi connectivity index (χ0) is 14.0. The minimum Gasteiger partial charge on any atom is -0.495 e. The molecule has 0 atom stereocenters. The van der Waals surface area contributed by atoms with E-state index < -0.39 is 0 Å². The third-order valence-electron chi connectivity index (χ3n) is 2.52. The molecule has 0 aliphatic heterocycles. The smallest absolute Gasteiger partial charge is 0.138 e. The van der Waals surface area contributed by atoms with Gasteiger partial charge < -0.3 is 15.8 Å². The Hall–Kier alpha value is -1.02. The van der Waals surface area contributed by atoms with Crippen molar-refractivity contribution in [1.82, 2.24) is 0 Å². The van der Waals surface area contributed by atoms with Crippen molar-refractivity contribution >= 4 is 55.6 Å². The van der Waals surface area contributed by atoms with Crippen LogP contribution in [0.5, 0.6) is 5.75 Å². The molecule has 0 spiro atoms. The van der Waals surface area contributed by atoms with Crippen molar-refractivity contribution in [3.05, 3.63) is 44.2 Å². The highest BCUT2D eigenvalue weighted by molar-refractivity contribution is 14.1. The van der Waals surface area contributed by atoms with E-state index in [-0.39, 0.29) is 5.82 Å². The van der Waals surface area contributed by atoms with Crippen LogP contribution in [0.3, 0.4) is 0 Å². The summed E-state index contributed by atoms with van der Waals surface area (Å²) in [7, 11) is 1.59. The molecule has 2 rings (SSSR count). The van der Waals surface area contributed by atoms with E-state index in [1.165, 1.54) is 6.07 Å². The Balaban J connectivity index is 2.33. The number of methoxy groups -OCH3 is 1. The maximum Gasteiger partial charge on any atom is 0.138 e. The van der Waals surface area contributed by atoms with Crippen LogP contribution >= 0.6 is 38.5 Å². The molecule has 2 aromatic carbocycles. The standard InChI is InChI=1S/C13H11BrFIN2O/c1-19-13-4-7(2-3-8(13)14)18-12-5-9(15)10(16)6-11(12)17/h2-6,18H,17H2,1H3. The molecule has 3 nitrogen and oxygen atoms in total. The normalized spacial score (nSPS) is 10.3. The van der Waals surface area contributed by atoms with Crippen LogP contribution < -0.4 is 15.8 Å². The molecule has 0 aromatic heterocycles. The molecule has 0 radical (unpaired) electrons. The minimum atomic E-state index is -0.304. The summed E-state index contributed by atoms with van der Waals surface area (Å²) in [4.78, 5) is 0. The van der Waals surface area contributed by atoms with E-state index in [0.29, 0.717) is 20.7 Å². The van der Waals surface area contributed by atoms with Crippen molar-refractivity contribution in [2.45, 2.75) is 0 Å². The molecule has 0 saturated carbocycles. The van der Waals surface area contributed by atoms with Crippen LogP contribution in [0.1, 0.15) is 0 Å². The van der Waals surface area contributed by atoms with Crippen molar-refractivity contribution < 1.29 is 9.13 Å². The van der Waals surface area contributed by atoms with Gasteiger partial charge in [-0.05, 0) is 56.7 Å². The van der Waals surface area contributed by atoms with Gasteiger partial charge in [0, 0.05) is 17.8 Å². The third-order valence-corrected chi connectivity index (χ3v) is 4.00. The molecule has 19 heavy (non-hydrogen) atoms. The van der Waals surface area contributed by atoms with Gasteiger partial charge in [-0.3, -0.25) is 0 Å². The number of hydrogen-bond donors (Lipinski definition) is 2. The molecule has 6 heteroatoms. The first-order valence-corrected chi connectivity index (χ1v) is 7.23. The van der Waals surface area contributed by atoms with Crippen LogP contribution in [-0.4, -0.2) is 7.11 Å². The number of hydrogen-bond acceptors (Lipinski definition) is 3. The highest BCUT2D eigenvalue weighted by Crippen LogP contribution is 2.31. The van der Waals surface area contributed by atoms with E-state index in [9.17, 15) is 4.39 Å². The van der Waals surface area contributed by atoms with E-state index in [1.54, 1.807) is 19.2 Å². The lowest BCUT2D eigenvalue weighted by atomic mass is 10.2. The Morgan fingerprint density at radius 1 is 1.32 bits per heavy atom. The topological polar surface area (TPSA) is 47.3 Å².